The lowest BCUT2D eigenvalue weighted by atomic mass is 9.64. The summed E-state index contributed by atoms with van der Waals surface area (Å²) >= 11 is 0. The molecule has 40 heavy (non-hydrogen) atoms. The number of aromatic nitrogens is 6. The molecule has 0 bridgehead atoms. The number of pyridine rings is 1. The van der Waals surface area contributed by atoms with Crippen LogP contribution in [0.25, 0.3) is 5.69 Å². The number of methoxy groups -OCH3 is 2. The third-order valence-electron chi connectivity index (χ3n) is 7.77. The van der Waals surface area contributed by atoms with Gasteiger partial charge in [0.2, 0.25) is 16.0 Å². The molecule has 3 aromatic heterocycles. The van der Waals surface area contributed by atoms with E-state index in [9.17, 15) is 8.42 Å². The van der Waals surface area contributed by atoms with Crippen LogP contribution in [0.5, 0.6) is 11.5 Å². The lowest BCUT2D eigenvalue weighted by Crippen LogP contribution is -2.38. The van der Waals surface area contributed by atoms with Crippen molar-refractivity contribution in [2.45, 2.75) is 56.6 Å². The average Bonchev–Trinajstić information content (AvgIpc) is 3.34. The van der Waals surface area contributed by atoms with Crippen molar-refractivity contribution < 1.29 is 17.9 Å². The van der Waals surface area contributed by atoms with E-state index in [1.165, 1.54) is 0 Å². The van der Waals surface area contributed by atoms with E-state index in [1.807, 2.05) is 25.3 Å². The molecule has 1 saturated carbocycles. The number of nitrogens with one attached hydrogen (secondary N) is 1. The minimum absolute atomic E-state index is 0.0387. The number of hydrogen-bond donors (Lipinski definition) is 1. The lowest BCUT2D eigenvalue weighted by molar-refractivity contribution is 0.279. The Kier molecular flexibility index (Phi) is 7.45. The van der Waals surface area contributed by atoms with Crippen molar-refractivity contribution >= 4 is 16.0 Å². The Morgan fingerprint density at radius 2 is 1.65 bits per heavy atom. The molecule has 2 unspecified atom stereocenters. The van der Waals surface area contributed by atoms with Crippen LogP contribution in [-0.4, -0.2) is 57.6 Å². The highest BCUT2D eigenvalue weighted by Gasteiger charge is 2.46. The molecule has 0 saturated heterocycles. The molecular weight excluding hydrogens is 530 g/mol. The summed E-state index contributed by atoms with van der Waals surface area (Å²) in [7, 11) is -0.867. The van der Waals surface area contributed by atoms with Crippen molar-refractivity contribution in [1.29, 1.82) is 0 Å². The van der Waals surface area contributed by atoms with Gasteiger partial charge in [-0.3, -0.25) is 14.3 Å². The summed E-state index contributed by atoms with van der Waals surface area (Å²) in [5, 5.41) is 8.10. The molecule has 0 amide bonds. The summed E-state index contributed by atoms with van der Waals surface area (Å²) in [6, 6.07) is 9.29. The number of sulfonamides is 1. The van der Waals surface area contributed by atoms with Crippen molar-refractivity contribution in [2.24, 2.45) is 0 Å². The second-order valence-electron chi connectivity index (χ2n) is 10.1. The molecule has 1 fully saturated rings. The fraction of sp³-hybridized carbons (Fsp3) is 0.393. The van der Waals surface area contributed by atoms with Crippen molar-refractivity contribution in [3.63, 3.8) is 0 Å². The topological polar surface area (TPSA) is 134 Å². The Balaban J connectivity index is 1.64. The van der Waals surface area contributed by atoms with Gasteiger partial charge in [-0.25, -0.2) is 18.4 Å². The zero-order valence-electron chi connectivity index (χ0n) is 23.2. The fourth-order valence-electron chi connectivity index (χ4n) is 5.08. The van der Waals surface area contributed by atoms with Crippen molar-refractivity contribution in [2.75, 3.05) is 18.9 Å². The molecule has 0 spiro atoms. The Bertz CT molecular complexity index is 1560. The number of rotatable bonds is 10. The monoisotopic (exact) mass is 563 g/mol. The van der Waals surface area contributed by atoms with E-state index in [0.29, 0.717) is 28.8 Å². The molecule has 12 heteroatoms. The fourth-order valence-corrected chi connectivity index (χ4v) is 6.31. The molecule has 1 aromatic carbocycles. The first-order chi connectivity index (χ1) is 19.2. The number of ether oxygens (including phenoxy) is 2. The maximum atomic E-state index is 13.8. The van der Waals surface area contributed by atoms with Gasteiger partial charge in [0.05, 0.1) is 24.9 Å². The number of anilines is 1. The van der Waals surface area contributed by atoms with E-state index < -0.39 is 26.6 Å². The summed E-state index contributed by atoms with van der Waals surface area (Å²) in [5.74, 6) is 1.55. The molecule has 3 heterocycles. The highest BCUT2D eigenvalue weighted by Crippen LogP contribution is 2.50. The van der Waals surface area contributed by atoms with E-state index >= 15 is 0 Å². The minimum Gasteiger partial charge on any atom is -0.494 e. The van der Waals surface area contributed by atoms with Gasteiger partial charge in [0.25, 0.3) is 0 Å². The highest BCUT2D eigenvalue weighted by molar-refractivity contribution is 7.93. The van der Waals surface area contributed by atoms with E-state index in [-0.39, 0.29) is 5.95 Å². The Labute approximate surface area is 234 Å². The van der Waals surface area contributed by atoms with Gasteiger partial charge in [-0.05, 0) is 56.0 Å². The largest absolute Gasteiger partial charge is 0.494 e. The first-order valence-corrected chi connectivity index (χ1v) is 14.6. The summed E-state index contributed by atoms with van der Waals surface area (Å²) in [6.45, 7) is 5.30. The molecule has 1 aliphatic rings. The summed E-state index contributed by atoms with van der Waals surface area (Å²) in [4.78, 5) is 13.0. The van der Waals surface area contributed by atoms with Crippen LogP contribution in [-0.2, 0) is 15.4 Å². The van der Waals surface area contributed by atoms with Crippen LogP contribution in [0, 0.1) is 6.92 Å². The smallest absolute Gasteiger partial charge is 0.243 e. The van der Waals surface area contributed by atoms with Crippen LogP contribution < -0.4 is 14.2 Å². The molecular formula is C28H33N7O4S. The quantitative estimate of drug-likeness (QED) is 0.301. The number of nitrogens with zero attached hydrogens (tertiary/aromatic N) is 6. The van der Waals surface area contributed by atoms with Gasteiger partial charge in [0, 0.05) is 30.7 Å². The molecule has 1 N–H and O–H groups in total. The predicted octanol–water partition coefficient (Wildman–Crippen LogP) is 4.18. The number of para-hydroxylation sites is 1. The third-order valence-corrected chi connectivity index (χ3v) is 9.63. The Morgan fingerprint density at radius 1 is 0.975 bits per heavy atom. The predicted molar refractivity (Wildman–Crippen MR) is 151 cm³/mol. The van der Waals surface area contributed by atoms with Crippen LogP contribution >= 0.6 is 0 Å². The average molecular weight is 564 g/mol. The Morgan fingerprint density at radius 3 is 2.20 bits per heavy atom. The van der Waals surface area contributed by atoms with E-state index in [1.54, 1.807) is 69.4 Å². The minimum atomic E-state index is -3.97. The number of hydrogen-bond acceptors (Lipinski definition) is 9. The first kappa shape index (κ1) is 27.5. The second kappa shape index (κ2) is 10.8. The lowest BCUT2D eigenvalue weighted by Gasteiger charge is -2.41. The number of aryl methyl sites for hydroxylation is 1. The van der Waals surface area contributed by atoms with E-state index in [4.69, 9.17) is 9.47 Å². The van der Waals surface area contributed by atoms with Gasteiger partial charge < -0.3 is 9.47 Å². The Hall–Kier alpha value is -4.06. The molecule has 0 radical (unpaired) electrons. The normalized spacial score (nSPS) is 16.0. The maximum absolute atomic E-state index is 13.8. The van der Waals surface area contributed by atoms with Gasteiger partial charge in [-0.1, -0.05) is 25.5 Å². The molecule has 1 aliphatic carbocycles. The van der Waals surface area contributed by atoms with Crippen LogP contribution in [0.2, 0.25) is 0 Å². The maximum Gasteiger partial charge on any atom is 0.243 e. The van der Waals surface area contributed by atoms with Gasteiger partial charge in [0.15, 0.2) is 0 Å². The summed E-state index contributed by atoms with van der Waals surface area (Å²) in [6.07, 6.45) is 9.50. The summed E-state index contributed by atoms with van der Waals surface area (Å²) in [5.41, 5.74) is 1.87. The SMILES string of the molecule is COc1cccc(OC)c1-n1c(NS(=O)(=O)C(C)C(C)c2ncc(C)cn2)nnc1C1(c2cccnc2)CCC1. The van der Waals surface area contributed by atoms with Crippen LogP contribution in [0.15, 0.2) is 55.1 Å². The van der Waals surface area contributed by atoms with Crippen LogP contribution in [0.3, 0.4) is 0 Å². The molecule has 5 rings (SSSR count). The zero-order chi connectivity index (χ0) is 28.5. The van der Waals surface area contributed by atoms with E-state index in [0.717, 1.165) is 30.4 Å². The van der Waals surface area contributed by atoms with Crippen molar-refractivity contribution in [3.8, 4) is 17.2 Å². The van der Waals surface area contributed by atoms with E-state index in [2.05, 4.69) is 29.9 Å². The zero-order valence-corrected chi connectivity index (χ0v) is 24.0. The summed E-state index contributed by atoms with van der Waals surface area (Å²) < 4.78 is 43.4. The molecule has 11 nitrogen and oxygen atoms in total. The molecule has 4 aromatic rings. The first-order valence-electron chi connectivity index (χ1n) is 13.1. The standard InChI is InChI=1S/C28H33N7O4S/c1-18-15-30-25(31-16-18)19(2)20(3)40(36,37)34-27-33-32-26(28(12-8-13-28)21-9-7-14-29-17-21)35(27)24-22(38-4)10-6-11-23(24)39-5/h6-7,9-11,14-17,19-20H,8,12-13H2,1-5H3,(H,33,34). The van der Waals surface area contributed by atoms with Gasteiger partial charge in [-0.2, -0.15) is 0 Å². The molecule has 2 atom stereocenters. The van der Waals surface area contributed by atoms with Gasteiger partial charge in [-0.15, -0.1) is 10.2 Å². The molecule has 210 valence electrons. The van der Waals surface area contributed by atoms with Crippen molar-refractivity contribution in [3.05, 3.63) is 77.9 Å². The molecule has 0 aliphatic heterocycles. The third kappa shape index (κ3) is 4.76. The van der Waals surface area contributed by atoms with Gasteiger partial charge >= 0.3 is 0 Å². The van der Waals surface area contributed by atoms with Crippen molar-refractivity contribution in [1.82, 2.24) is 29.7 Å². The van der Waals surface area contributed by atoms with Gasteiger partial charge in [0.1, 0.15) is 28.8 Å². The highest BCUT2D eigenvalue weighted by atomic mass is 32.2. The number of benzene rings is 1. The van der Waals surface area contributed by atoms with Crippen LogP contribution in [0.4, 0.5) is 5.95 Å². The second-order valence-corrected chi connectivity index (χ2v) is 12.2. The van der Waals surface area contributed by atoms with Crippen LogP contribution in [0.1, 0.15) is 61.8 Å².